The quantitative estimate of drug-likeness (QED) is 0.567. The van der Waals surface area contributed by atoms with Crippen molar-refractivity contribution in [1.82, 2.24) is 5.32 Å². The van der Waals surface area contributed by atoms with Crippen LogP contribution in [0.5, 0.6) is 0 Å². The summed E-state index contributed by atoms with van der Waals surface area (Å²) in [7, 11) is 1.46. The Morgan fingerprint density at radius 1 is 1.71 bits per heavy atom. The summed E-state index contributed by atoms with van der Waals surface area (Å²) in [5.41, 5.74) is -0.408. The number of carbonyl (C=O) groups excluding carboxylic acids is 1. The third-order valence-electron chi connectivity index (χ3n) is 3.49. The predicted molar refractivity (Wildman–Crippen MR) is 54.3 cm³/mol. The van der Waals surface area contributed by atoms with Crippen LogP contribution in [0.4, 0.5) is 0 Å². The van der Waals surface area contributed by atoms with Gasteiger partial charge in [0.25, 0.3) is 0 Å². The monoisotopic (exact) mass is 217 g/mol. The van der Waals surface area contributed by atoms with Crippen molar-refractivity contribution in [3.8, 4) is 0 Å². The minimum atomic E-state index is -0.408. The minimum Gasteiger partial charge on any atom is -0.468 e. The Kier molecular flexibility index (Phi) is 2.71. The number of esters is 1. The smallest absolute Gasteiger partial charge is 0.326 e. The fourth-order valence-corrected chi connectivity index (χ4v) is 2.78. The van der Waals surface area contributed by atoms with Crippen LogP contribution in [0.3, 0.4) is 0 Å². The second-order valence-electron chi connectivity index (χ2n) is 4.24. The van der Waals surface area contributed by atoms with Crippen molar-refractivity contribution in [2.24, 2.45) is 11.8 Å². The summed E-state index contributed by atoms with van der Waals surface area (Å²) >= 11 is 5.67. The second kappa shape index (κ2) is 3.70. The van der Waals surface area contributed by atoms with Gasteiger partial charge in [-0.3, -0.25) is 4.79 Å². The molecule has 1 saturated heterocycles. The lowest BCUT2D eigenvalue weighted by molar-refractivity contribution is -0.149. The third-order valence-corrected chi connectivity index (χ3v) is 3.76. The Labute approximate surface area is 89.1 Å². The molecule has 1 N–H and O–H groups in total. The molecule has 0 radical (unpaired) electrons. The summed E-state index contributed by atoms with van der Waals surface area (Å²) < 4.78 is 4.89. The van der Waals surface area contributed by atoms with E-state index < -0.39 is 5.54 Å². The first-order valence-electron chi connectivity index (χ1n) is 5.14. The zero-order valence-corrected chi connectivity index (χ0v) is 9.14. The molecule has 0 amide bonds. The Morgan fingerprint density at radius 2 is 2.50 bits per heavy atom. The molecule has 3 nitrogen and oxygen atoms in total. The van der Waals surface area contributed by atoms with Crippen LogP contribution in [0.15, 0.2) is 0 Å². The van der Waals surface area contributed by atoms with Gasteiger partial charge >= 0.3 is 5.97 Å². The summed E-state index contributed by atoms with van der Waals surface area (Å²) in [4.78, 5) is 11.8. The number of rotatable bonds is 4. The molecule has 14 heavy (non-hydrogen) atoms. The van der Waals surface area contributed by atoms with Crippen LogP contribution >= 0.6 is 11.6 Å². The number of carbonyl (C=O) groups is 1. The summed E-state index contributed by atoms with van der Waals surface area (Å²) in [6.07, 6.45) is 2.85. The number of hydrogen-bond donors (Lipinski definition) is 1. The first-order chi connectivity index (χ1) is 6.74. The normalized spacial score (nSPS) is 39.3. The van der Waals surface area contributed by atoms with E-state index in [1.165, 1.54) is 13.5 Å². The molecule has 1 aliphatic heterocycles. The molecule has 0 aromatic heterocycles. The number of ether oxygens (including phenoxy) is 1. The van der Waals surface area contributed by atoms with E-state index in [0.29, 0.717) is 17.7 Å². The van der Waals surface area contributed by atoms with Gasteiger partial charge in [0.15, 0.2) is 0 Å². The van der Waals surface area contributed by atoms with E-state index in [2.05, 4.69) is 5.32 Å². The van der Waals surface area contributed by atoms with Crippen LogP contribution in [0.2, 0.25) is 0 Å². The van der Waals surface area contributed by atoms with Gasteiger partial charge in [-0.2, -0.15) is 0 Å². The Morgan fingerprint density at radius 3 is 2.93 bits per heavy atom. The number of nitrogens with one attached hydrogen (secondary N) is 1. The molecule has 1 saturated carbocycles. The highest BCUT2D eigenvalue weighted by molar-refractivity contribution is 6.17. The molecule has 0 spiro atoms. The highest BCUT2D eigenvalue weighted by atomic mass is 35.5. The molecule has 0 bridgehead atoms. The maximum absolute atomic E-state index is 11.8. The lowest BCUT2D eigenvalue weighted by Crippen LogP contribution is -2.51. The molecule has 3 unspecified atom stereocenters. The zero-order chi connectivity index (χ0) is 10.2. The third kappa shape index (κ3) is 1.43. The molecule has 2 rings (SSSR count). The zero-order valence-electron chi connectivity index (χ0n) is 8.38. The van der Waals surface area contributed by atoms with Gasteiger partial charge in [0.2, 0.25) is 0 Å². The maximum Gasteiger partial charge on any atom is 0.326 e. The lowest BCUT2D eigenvalue weighted by Gasteiger charge is -2.28. The van der Waals surface area contributed by atoms with Crippen molar-refractivity contribution in [3.63, 3.8) is 0 Å². The number of fused-ring (bicyclic) bond motifs is 1. The van der Waals surface area contributed by atoms with Crippen LogP contribution < -0.4 is 5.32 Å². The average molecular weight is 218 g/mol. The molecule has 0 aromatic carbocycles. The van der Waals surface area contributed by atoms with Crippen LogP contribution in [0.1, 0.15) is 19.3 Å². The van der Waals surface area contributed by atoms with Gasteiger partial charge in [-0.25, -0.2) is 0 Å². The van der Waals surface area contributed by atoms with Gasteiger partial charge in [0, 0.05) is 5.88 Å². The first-order valence-corrected chi connectivity index (χ1v) is 5.67. The molecule has 2 aliphatic rings. The number of alkyl halides is 1. The fraction of sp³-hybridized carbons (Fsp3) is 0.900. The predicted octanol–water partition coefficient (Wildman–Crippen LogP) is 1.16. The van der Waals surface area contributed by atoms with Gasteiger partial charge in [0.05, 0.1) is 7.11 Å². The topological polar surface area (TPSA) is 38.3 Å². The molecule has 1 heterocycles. The minimum absolute atomic E-state index is 0.104. The first kappa shape index (κ1) is 10.2. The van der Waals surface area contributed by atoms with Crippen molar-refractivity contribution < 1.29 is 9.53 Å². The van der Waals surface area contributed by atoms with E-state index in [9.17, 15) is 4.79 Å². The molecule has 4 heteroatoms. The van der Waals surface area contributed by atoms with Crippen LogP contribution in [0, 0.1) is 11.8 Å². The van der Waals surface area contributed by atoms with Gasteiger partial charge in [-0.05, 0) is 37.6 Å². The van der Waals surface area contributed by atoms with Gasteiger partial charge in [-0.15, -0.1) is 11.6 Å². The molecule has 2 fully saturated rings. The van der Waals surface area contributed by atoms with Crippen molar-refractivity contribution in [2.75, 3.05) is 19.5 Å². The molecular formula is C10H16ClNO2. The molecular weight excluding hydrogens is 202 g/mol. The Bertz CT molecular complexity index is 246. The number of methoxy groups -OCH3 is 1. The highest BCUT2D eigenvalue weighted by Crippen LogP contribution is 2.53. The lowest BCUT2D eigenvalue weighted by atomic mass is 9.89. The largest absolute Gasteiger partial charge is 0.468 e. The van der Waals surface area contributed by atoms with Crippen molar-refractivity contribution in [2.45, 2.75) is 24.8 Å². The van der Waals surface area contributed by atoms with E-state index in [1.807, 2.05) is 0 Å². The van der Waals surface area contributed by atoms with Gasteiger partial charge in [-0.1, -0.05) is 0 Å². The molecule has 0 aromatic rings. The van der Waals surface area contributed by atoms with Crippen LogP contribution in [-0.2, 0) is 9.53 Å². The fourth-order valence-electron chi connectivity index (χ4n) is 2.65. The molecule has 3 atom stereocenters. The standard InChI is InChI=1S/C10H16ClNO2/c1-14-9(13)10(3-2-4-11)8-5-7(8)6-12-10/h7-8,12H,2-6H2,1H3. The Balaban J connectivity index is 2.08. The van der Waals surface area contributed by atoms with Crippen molar-refractivity contribution >= 4 is 17.6 Å². The summed E-state index contributed by atoms with van der Waals surface area (Å²) in [5.74, 6) is 1.70. The second-order valence-corrected chi connectivity index (χ2v) is 4.62. The van der Waals surface area contributed by atoms with E-state index in [-0.39, 0.29) is 5.97 Å². The summed E-state index contributed by atoms with van der Waals surface area (Å²) in [6.45, 7) is 0.960. The van der Waals surface area contributed by atoms with Crippen molar-refractivity contribution in [3.05, 3.63) is 0 Å². The SMILES string of the molecule is COC(=O)C1(CCCCl)NCC2CC21. The Hall–Kier alpha value is -0.280. The number of hydrogen-bond acceptors (Lipinski definition) is 3. The van der Waals surface area contributed by atoms with E-state index in [1.54, 1.807) is 0 Å². The van der Waals surface area contributed by atoms with Crippen LogP contribution in [0.25, 0.3) is 0 Å². The van der Waals surface area contributed by atoms with Gasteiger partial charge < -0.3 is 10.1 Å². The average Bonchev–Trinajstić information content (AvgIpc) is 2.92. The molecule has 1 aliphatic carbocycles. The highest BCUT2D eigenvalue weighted by Gasteiger charge is 2.61. The maximum atomic E-state index is 11.8. The number of piperidine rings is 1. The van der Waals surface area contributed by atoms with E-state index in [0.717, 1.165) is 19.4 Å². The number of halogens is 1. The van der Waals surface area contributed by atoms with Gasteiger partial charge in [0.1, 0.15) is 5.54 Å². The summed E-state index contributed by atoms with van der Waals surface area (Å²) in [5, 5.41) is 3.32. The summed E-state index contributed by atoms with van der Waals surface area (Å²) in [6, 6.07) is 0. The molecule has 80 valence electrons. The van der Waals surface area contributed by atoms with E-state index >= 15 is 0 Å². The van der Waals surface area contributed by atoms with E-state index in [4.69, 9.17) is 16.3 Å². The van der Waals surface area contributed by atoms with Crippen molar-refractivity contribution in [1.29, 1.82) is 0 Å². The van der Waals surface area contributed by atoms with Crippen LogP contribution in [-0.4, -0.2) is 31.0 Å².